The minimum atomic E-state index is -0.931. The average molecular weight is 364 g/mol. The first-order chi connectivity index (χ1) is 13.2. The molecular weight excluding hydrogens is 344 g/mol. The Morgan fingerprint density at radius 3 is 2.78 bits per heavy atom. The van der Waals surface area contributed by atoms with Crippen LogP contribution in [0.3, 0.4) is 0 Å². The van der Waals surface area contributed by atoms with E-state index >= 15 is 0 Å². The van der Waals surface area contributed by atoms with E-state index in [9.17, 15) is 9.90 Å². The van der Waals surface area contributed by atoms with Crippen LogP contribution >= 0.6 is 0 Å². The minimum Gasteiger partial charge on any atom is -0.497 e. The van der Waals surface area contributed by atoms with Crippen molar-refractivity contribution in [1.29, 1.82) is 0 Å². The van der Waals surface area contributed by atoms with Gasteiger partial charge >= 0.3 is 5.97 Å². The van der Waals surface area contributed by atoms with Gasteiger partial charge in [-0.1, -0.05) is 12.1 Å². The summed E-state index contributed by atoms with van der Waals surface area (Å²) in [7, 11) is 1.65. The second-order valence-corrected chi connectivity index (χ2v) is 6.46. The van der Waals surface area contributed by atoms with Crippen LogP contribution < -0.4 is 10.1 Å². The lowest BCUT2D eigenvalue weighted by Gasteiger charge is -2.22. The van der Waals surface area contributed by atoms with Gasteiger partial charge in [0.25, 0.3) is 0 Å². The fourth-order valence-corrected chi connectivity index (χ4v) is 3.37. The fraction of sp³-hybridized carbons (Fsp3) is 0.238. The Labute approximate surface area is 156 Å². The number of rotatable bonds is 5. The number of carboxylic acid groups (broad SMARTS) is 1. The second-order valence-electron chi connectivity index (χ2n) is 6.46. The molecule has 0 fully saturated rings. The van der Waals surface area contributed by atoms with Gasteiger partial charge in [0.15, 0.2) is 0 Å². The lowest BCUT2D eigenvalue weighted by molar-refractivity contribution is 0.0697. The number of anilines is 1. The van der Waals surface area contributed by atoms with Crippen LogP contribution in [0.15, 0.2) is 42.5 Å². The number of hydrogen-bond acceptors (Lipinski definition) is 5. The molecule has 0 atom stereocenters. The number of ether oxygens (including phenoxy) is 2. The second kappa shape index (κ2) is 7.25. The molecule has 1 aliphatic rings. The number of nitrogens with zero attached hydrogens (tertiary/aromatic N) is 1. The number of carbonyl (C=O) groups is 1. The number of aromatic nitrogens is 1. The van der Waals surface area contributed by atoms with Gasteiger partial charge in [0.1, 0.15) is 11.6 Å². The van der Waals surface area contributed by atoms with E-state index in [2.05, 4.69) is 5.32 Å². The predicted molar refractivity (Wildman–Crippen MR) is 102 cm³/mol. The molecule has 2 N–H and O–H groups in total. The fourth-order valence-electron chi connectivity index (χ4n) is 3.37. The minimum absolute atomic E-state index is 0.275. The van der Waals surface area contributed by atoms with Crippen molar-refractivity contribution in [2.24, 2.45) is 0 Å². The Bertz CT molecular complexity index is 999. The Morgan fingerprint density at radius 2 is 2.04 bits per heavy atom. The van der Waals surface area contributed by atoms with Crippen molar-refractivity contribution in [3.63, 3.8) is 0 Å². The molecule has 2 aromatic carbocycles. The molecule has 6 nitrogen and oxygen atoms in total. The lowest BCUT2D eigenvalue weighted by atomic mass is 9.97. The number of carboxylic acids is 1. The van der Waals surface area contributed by atoms with E-state index in [0.29, 0.717) is 19.8 Å². The summed E-state index contributed by atoms with van der Waals surface area (Å²) in [5.74, 6) is 0.679. The van der Waals surface area contributed by atoms with Crippen LogP contribution in [0.2, 0.25) is 0 Å². The van der Waals surface area contributed by atoms with Crippen LogP contribution in [0.25, 0.3) is 10.9 Å². The average Bonchev–Trinajstić information content (AvgIpc) is 2.72. The van der Waals surface area contributed by atoms with E-state index < -0.39 is 5.97 Å². The lowest BCUT2D eigenvalue weighted by Crippen LogP contribution is -2.15. The third kappa shape index (κ3) is 3.44. The zero-order valence-electron chi connectivity index (χ0n) is 15.0. The maximum atomic E-state index is 11.3. The normalized spacial score (nSPS) is 13.2. The van der Waals surface area contributed by atoms with Crippen molar-refractivity contribution in [1.82, 2.24) is 4.98 Å². The molecule has 0 radical (unpaired) electrons. The first-order valence-electron chi connectivity index (χ1n) is 8.79. The number of fused-ring (bicyclic) bond motifs is 3. The SMILES string of the molecule is COc1ccc(CNc2nc3ccc(C(=O)O)cc3c3c2COCC3)cc1. The first-order valence-corrected chi connectivity index (χ1v) is 8.79. The van der Waals surface area contributed by atoms with Gasteiger partial charge in [0, 0.05) is 17.5 Å². The van der Waals surface area contributed by atoms with Crippen molar-refractivity contribution in [2.75, 3.05) is 19.0 Å². The zero-order valence-corrected chi connectivity index (χ0v) is 15.0. The highest BCUT2D eigenvalue weighted by Crippen LogP contribution is 2.31. The van der Waals surface area contributed by atoms with E-state index in [4.69, 9.17) is 14.5 Å². The summed E-state index contributed by atoms with van der Waals surface area (Å²) in [6, 6.07) is 12.9. The molecule has 2 heterocycles. The molecule has 0 aliphatic carbocycles. The molecule has 1 aliphatic heterocycles. The molecule has 0 bridgehead atoms. The van der Waals surface area contributed by atoms with Gasteiger partial charge in [-0.3, -0.25) is 0 Å². The van der Waals surface area contributed by atoms with Crippen molar-refractivity contribution in [3.05, 3.63) is 64.7 Å². The molecule has 138 valence electrons. The monoisotopic (exact) mass is 364 g/mol. The standard InChI is InChI=1S/C21H20N2O4/c1-26-15-5-2-13(3-6-15)11-22-20-18-12-27-9-8-16(18)17-10-14(21(24)25)4-7-19(17)23-20/h2-7,10H,8-9,11-12H2,1H3,(H,22,23)(H,24,25). The molecule has 1 aromatic heterocycles. The highest BCUT2D eigenvalue weighted by molar-refractivity contribution is 5.95. The van der Waals surface area contributed by atoms with E-state index in [1.807, 2.05) is 24.3 Å². The maximum Gasteiger partial charge on any atom is 0.335 e. The number of pyridine rings is 1. The third-order valence-corrected chi connectivity index (χ3v) is 4.81. The molecule has 27 heavy (non-hydrogen) atoms. The summed E-state index contributed by atoms with van der Waals surface area (Å²) in [5, 5.41) is 13.6. The number of nitrogens with one attached hydrogen (secondary N) is 1. The molecule has 6 heteroatoms. The molecule has 0 unspecified atom stereocenters. The Morgan fingerprint density at radius 1 is 1.22 bits per heavy atom. The van der Waals surface area contributed by atoms with Crippen molar-refractivity contribution in [2.45, 2.75) is 19.6 Å². The third-order valence-electron chi connectivity index (χ3n) is 4.81. The predicted octanol–water partition coefficient (Wildman–Crippen LogP) is 3.63. The van der Waals surface area contributed by atoms with E-state index in [-0.39, 0.29) is 5.56 Å². The highest BCUT2D eigenvalue weighted by Gasteiger charge is 2.19. The van der Waals surface area contributed by atoms with Gasteiger partial charge in [-0.2, -0.15) is 0 Å². The number of benzene rings is 2. The summed E-state index contributed by atoms with van der Waals surface area (Å²) >= 11 is 0. The summed E-state index contributed by atoms with van der Waals surface area (Å²) in [5.41, 5.74) is 4.30. The summed E-state index contributed by atoms with van der Waals surface area (Å²) in [6.07, 6.45) is 0.745. The van der Waals surface area contributed by atoms with Gasteiger partial charge in [0.2, 0.25) is 0 Å². The molecular formula is C21H20N2O4. The highest BCUT2D eigenvalue weighted by atomic mass is 16.5. The number of methoxy groups -OCH3 is 1. The Hall–Kier alpha value is -3.12. The summed E-state index contributed by atoms with van der Waals surface area (Å²) in [4.78, 5) is 16.0. The zero-order chi connectivity index (χ0) is 18.8. The smallest absolute Gasteiger partial charge is 0.335 e. The maximum absolute atomic E-state index is 11.3. The van der Waals surface area contributed by atoms with Gasteiger partial charge in [0.05, 0.1) is 31.4 Å². The number of aromatic carboxylic acids is 1. The largest absolute Gasteiger partial charge is 0.497 e. The van der Waals surface area contributed by atoms with Crippen LogP contribution in [-0.2, 0) is 24.3 Å². The molecule has 0 saturated carbocycles. The van der Waals surface area contributed by atoms with E-state index in [0.717, 1.165) is 45.6 Å². The van der Waals surface area contributed by atoms with Gasteiger partial charge in [-0.25, -0.2) is 9.78 Å². The quantitative estimate of drug-likeness (QED) is 0.720. The van der Waals surface area contributed by atoms with Crippen LogP contribution in [0, 0.1) is 0 Å². The van der Waals surface area contributed by atoms with E-state index in [1.54, 1.807) is 25.3 Å². The van der Waals surface area contributed by atoms with Crippen molar-refractivity contribution >= 4 is 22.7 Å². The summed E-state index contributed by atoms with van der Waals surface area (Å²) < 4.78 is 10.8. The van der Waals surface area contributed by atoms with Crippen LogP contribution in [0.5, 0.6) is 5.75 Å². The Kier molecular flexibility index (Phi) is 4.64. The van der Waals surface area contributed by atoms with Crippen LogP contribution in [0.4, 0.5) is 5.82 Å². The van der Waals surface area contributed by atoms with Gasteiger partial charge < -0.3 is 19.9 Å². The molecule has 0 spiro atoms. The molecule has 4 rings (SSSR count). The van der Waals surface area contributed by atoms with Gasteiger partial charge in [-0.05, 0) is 47.9 Å². The van der Waals surface area contributed by atoms with Crippen LogP contribution in [0.1, 0.15) is 27.0 Å². The molecule has 3 aromatic rings. The van der Waals surface area contributed by atoms with Crippen molar-refractivity contribution < 1.29 is 19.4 Å². The molecule has 0 saturated heterocycles. The first kappa shape index (κ1) is 17.3. The van der Waals surface area contributed by atoms with E-state index in [1.165, 1.54) is 0 Å². The topological polar surface area (TPSA) is 80.7 Å². The Balaban J connectivity index is 1.69. The van der Waals surface area contributed by atoms with Crippen molar-refractivity contribution in [3.8, 4) is 5.75 Å². The summed E-state index contributed by atoms with van der Waals surface area (Å²) in [6.45, 7) is 1.73. The molecule has 0 amide bonds. The number of hydrogen-bond donors (Lipinski definition) is 2. The van der Waals surface area contributed by atoms with Gasteiger partial charge in [-0.15, -0.1) is 0 Å². The van der Waals surface area contributed by atoms with Crippen LogP contribution in [-0.4, -0.2) is 29.8 Å².